The van der Waals surface area contributed by atoms with E-state index in [1.807, 2.05) is 24.3 Å². The van der Waals surface area contributed by atoms with E-state index in [2.05, 4.69) is 0 Å². The third-order valence-electron chi connectivity index (χ3n) is 3.00. The van der Waals surface area contributed by atoms with E-state index in [1.54, 1.807) is 6.07 Å². The van der Waals surface area contributed by atoms with Gasteiger partial charge >= 0.3 is 21.8 Å². The molecule has 3 aromatic rings. The van der Waals surface area contributed by atoms with Crippen molar-refractivity contribution in [2.45, 2.75) is 11.7 Å². The number of alkyl halides is 6. The Labute approximate surface area is 141 Å². The Bertz CT molecular complexity index is 1000. The van der Waals surface area contributed by atoms with Gasteiger partial charge in [-0.1, -0.05) is 18.2 Å². The first kappa shape index (κ1) is 19.5. The van der Waals surface area contributed by atoms with E-state index in [9.17, 15) is 26.3 Å². The van der Waals surface area contributed by atoms with Gasteiger partial charge in [0.05, 0.1) is 5.56 Å². The molecule has 0 amide bonds. The van der Waals surface area contributed by atoms with Crippen LogP contribution in [0.3, 0.4) is 0 Å². The van der Waals surface area contributed by atoms with Crippen LogP contribution < -0.4 is 0 Å². The van der Waals surface area contributed by atoms with Crippen LogP contribution in [0.5, 0.6) is 0 Å². The summed E-state index contributed by atoms with van der Waals surface area (Å²) in [4.78, 5) is 0. The zero-order valence-corrected chi connectivity index (χ0v) is 13.5. The van der Waals surface area contributed by atoms with Crippen molar-refractivity contribution in [1.82, 2.24) is 0 Å². The molecule has 0 fully saturated rings. The Kier molecular flexibility index (Phi) is 5.04. The monoisotopic (exact) mass is 402 g/mol. The van der Waals surface area contributed by atoms with E-state index in [0.29, 0.717) is 5.39 Å². The fraction of sp³-hybridized carbons (Fsp3) is 0.143. The predicted octanol–water partition coefficient (Wildman–Crippen LogP) is 5.47. The summed E-state index contributed by atoms with van der Waals surface area (Å²) in [5.41, 5.74) is -6.12. The number of halogens is 6. The summed E-state index contributed by atoms with van der Waals surface area (Å²) in [6.07, 6.45) is -4.28. The number of hydrogen-bond acceptors (Lipinski definition) is 3. The van der Waals surface area contributed by atoms with Crippen molar-refractivity contribution in [3.05, 3.63) is 48.0 Å². The van der Waals surface area contributed by atoms with Crippen LogP contribution in [0.1, 0.15) is 5.56 Å². The maximum Gasteiger partial charge on any atom is 0.522 e. The van der Waals surface area contributed by atoms with Crippen molar-refractivity contribution in [3.63, 3.8) is 0 Å². The molecular formula is C14H8F6O3S2. The first-order chi connectivity index (χ1) is 11.3. The lowest BCUT2D eigenvalue weighted by Gasteiger charge is -2.05. The maximum absolute atomic E-state index is 12.6. The number of rotatable bonds is 0. The summed E-state index contributed by atoms with van der Waals surface area (Å²) < 4.78 is 97.3. The predicted molar refractivity (Wildman–Crippen MR) is 81.9 cm³/mol. The third kappa shape index (κ3) is 4.41. The van der Waals surface area contributed by atoms with Gasteiger partial charge in [0.1, 0.15) is 0 Å². The summed E-state index contributed by atoms with van der Waals surface area (Å²) in [6.45, 7) is 0. The minimum absolute atomic E-state index is 0.589. The number of hydrogen-bond donors (Lipinski definition) is 1. The molecule has 1 aromatic heterocycles. The topological polar surface area (TPSA) is 54.4 Å². The van der Waals surface area contributed by atoms with Crippen LogP contribution in [0.25, 0.3) is 20.2 Å². The molecule has 3 rings (SSSR count). The molecule has 3 nitrogen and oxygen atoms in total. The fourth-order valence-corrected chi connectivity index (χ4v) is 2.99. The number of fused-ring (bicyclic) bond motifs is 3. The lowest BCUT2D eigenvalue weighted by Crippen LogP contribution is -2.21. The van der Waals surface area contributed by atoms with Gasteiger partial charge in [0.15, 0.2) is 0 Å². The largest absolute Gasteiger partial charge is 0.522 e. The van der Waals surface area contributed by atoms with Gasteiger partial charge in [-0.2, -0.15) is 34.8 Å². The Morgan fingerprint density at radius 1 is 0.840 bits per heavy atom. The van der Waals surface area contributed by atoms with Crippen molar-refractivity contribution < 1.29 is 39.3 Å². The first-order valence-electron chi connectivity index (χ1n) is 6.33. The summed E-state index contributed by atoms with van der Waals surface area (Å²) >= 11 is 1.51. The van der Waals surface area contributed by atoms with E-state index in [4.69, 9.17) is 13.0 Å². The van der Waals surface area contributed by atoms with Gasteiger partial charge in [-0.05, 0) is 24.3 Å². The first-order valence-corrected chi connectivity index (χ1v) is 8.58. The van der Waals surface area contributed by atoms with Crippen LogP contribution in [0, 0.1) is 0 Å². The summed E-state index contributed by atoms with van der Waals surface area (Å²) in [5, 5.41) is 1.57. The second-order valence-corrected chi connectivity index (χ2v) is 7.22. The van der Waals surface area contributed by atoms with Gasteiger partial charge in [0.2, 0.25) is 0 Å². The average Bonchev–Trinajstić information content (AvgIpc) is 2.82. The van der Waals surface area contributed by atoms with Crippen LogP contribution in [-0.2, 0) is 16.3 Å². The molecule has 0 saturated carbocycles. The molecule has 0 atom stereocenters. The molecule has 0 aliphatic heterocycles. The summed E-state index contributed by atoms with van der Waals surface area (Å²) in [5.74, 6) is 0. The molecule has 0 saturated heterocycles. The zero-order chi connectivity index (χ0) is 19.0. The van der Waals surface area contributed by atoms with Crippen LogP contribution in [-0.4, -0.2) is 18.5 Å². The van der Waals surface area contributed by atoms with Gasteiger partial charge in [-0.25, -0.2) is 0 Å². The van der Waals surface area contributed by atoms with Gasteiger partial charge in [-0.15, -0.1) is 11.3 Å². The molecule has 1 heterocycles. The Balaban J connectivity index is 0.000000242. The summed E-state index contributed by atoms with van der Waals surface area (Å²) in [7, 11) is -5.84. The highest BCUT2D eigenvalue weighted by Gasteiger charge is 2.44. The lowest BCUT2D eigenvalue weighted by molar-refractivity contribution is -0.137. The molecule has 0 radical (unpaired) electrons. The zero-order valence-electron chi connectivity index (χ0n) is 11.9. The Morgan fingerprint density at radius 2 is 1.36 bits per heavy atom. The molecule has 0 aliphatic rings. The SMILES string of the molecule is FC(F)(F)c1ccc2sc3ccccc3c2c1.O=S(=O)(O)C(F)(F)F. The van der Waals surface area contributed by atoms with Crippen molar-refractivity contribution in [2.24, 2.45) is 0 Å². The van der Waals surface area contributed by atoms with Crippen LogP contribution in [0.2, 0.25) is 0 Å². The van der Waals surface area contributed by atoms with E-state index in [-0.39, 0.29) is 0 Å². The molecule has 0 aliphatic carbocycles. The van der Waals surface area contributed by atoms with E-state index < -0.39 is 27.4 Å². The molecule has 0 spiro atoms. The highest BCUT2D eigenvalue weighted by atomic mass is 32.2. The maximum atomic E-state index is 12.6. The van der Waals surface area contributed by atoms with E-state index in [0.717, 1.165) is 20.9 Å². The Hall–Kier alpha value is -1.85. The normalized spacial score (nSPS) is 12.9. The van der Waals surface area contributed by atoms with Crippen LogP contribution >= 0.6 is 11.3 Å². The van der Waals surface area contributed by atoms with Crippen molar-refractivity contribution >= 4 is 41.6 Å². The third-order valence-corrected chi connectivity index (χ3v) is 4.73. The Morgan fingerprint density at radius 3 is 1.88 bits per heavy atom. The average molecular weight is 402 g/mol. The molecule has 0 unspecified atom stereocenters. The van der Waals surface area contributed by atoms with E-state index in [1.165, 1.54) is 17.4 Å². The van der Waals surface area contributed by atoms with Crippen LogP contribution in [0.4, 0.5) is 26.3 Å². The van der Waals surface area contributed by atoms with E-state index >= 15 is 0 Å². The van der Waals surface area contributed by atoms with Crippen molar-refractivity contribution in [2.75, 3.05) is 0 Å². The van der Waals surface area contributed by atoms with Gasteiger partial charge in [0, 0.05) is 20.2 Å². The number of thiophene rings is 1. The quantitative estimate of drug-likeness (QED) is 0.308. The molecule has 25 heavy (non-hydrogen) atoms. The minimum atomic E-state index is -5.84. The number of benzene rings is 2. The van der Waals surface area contributed by atoms with Gasteiger partial charge < -0.3 is 0 Å². The van der Waals surface area contributed by atoms with Crippen molar-refractivity contribution in [1.29, 1.82) is 0 Å². The second kappa shape index (κ2) is 6.46. The van der Waals surface area contributed by atoms with Crippen LogP contribution in [0.15, 0.2) is 42.5 Å². The second-order valence-electron chi connectivity index (χ2n) is 4.73. The highest BCUT2D eigenvalue weighted by Crippen LogP contribution is 2.37. The standard InChI is InChI=1S/C13H7F3S.CHF3O3S/c14-13(15,16)8-5-6-12-10(7-8)9-3-1-2-4-11(9)17-12;2-1(3,4)8(5,6)7/h1-7H;(H,5,6,7). The molecule has 11 heteroatoms. The molecule has 2 aromatic carbocycles. The summed E-state index contributed by atoms with van der Waals surface area (Å²) in [6, 6.07) is 11.4. The van der Waals surface area contributed by atoms with Crippen molar-refractivity contribution in [3.8, 4) is 0 Å². The molecular weight excluding hydrogens is 394 g/mol. The molecule has 0 bridgehead atoms. The fourth-order valence-electron chi connectivity index (χ4n) is 1.90. The van der Waals surface area contributed by atoms with Gasteiger partial charge in [0.25, 0.3) is 0 Å². The molecule has 1 N–H and O–H groups in total. The molecule has 136 valence electrons. The minimum Gasteiger partial charge on any atom is -0.279 e. The van der Waals surface area contributed by atoms with Gasteiger partial charge in [-0.3, -0.25) is 4.55 Å². The lowest BCUT2D eigenvalue weighted by atomic mass is 10.1. The smallest absolute Gasteiger partial charge is 0.279 e. The highest BCUT2D eigenvalue weighted by molar-refractivity contribution is 7.86.